The van der Waals surface area contributed by atoms with Gasteiger partial charge in [0.05, 0.1) is 0 Å². The number of amides is 2. The summed E-state index contributed by atoms with van der Waals surface area (Å²) in [6.45, 7) is 4.58. The highest BCUT2D eigenvalue weighted by Crippen LogP contribution is 2.20. The van der Waals surface area contributed by atoms with E-state index in [0.717, 1.165) is 16.9 Å². The summed E-state index contributed by atoms with van der Waals surface area (Å²) in [7, 11) is 0. The second-order valence-electron chi connectivity index (χ2n) is 6.16. The molecule has 0 unspecified atom stereocenters. The van der Waals surface area contributed by atoms with Crippen LogP contribution < -0.4 is 10.6 Å². The normalized spacial score (nSPS) is 14.1. The molecule has 2 aromatic rings. The lowest BCUT2D eigenvalue weighted by Crippen LogP contribution is -2.52. The maximum Gasteiger partial charge on any atom is 0.321 e. The van der Waals surface area contributed by atoms with Crippen molar-refractivity contribution in [3.05, 3.63) is 59.1 Å². The molecular formula is C19H21ClN4OS. The maximum atomic E-state index is 12.3. The van der Waals surface area contributed by atoms with E-state index >= 15 is 0 Å². The molecule has 2 aromatic carbocycles. The van der Waals surface area contributed by atoms with Crippen molar-refractivity contribution in [3.8, 4) is 0 Å². The van der Waals surface area contributed by atoms with Gasteiger partial charge < -0.3 is 20.4 Å². The number of para-hydroxylation sites is 1. The molecule has 0 aromatic heterocycles. The highest BCUT2D eigenvalue weighted by Gasteiger charge is 2.22. The summed E-state index contributed by atoms with van der Waals surface area (Å²) in [6.07, 6.45) is 0. The van der Waals surface area contributed by atoms with E-state index in [1.165, 1.54) is 0 Å². The minimum absolute atomic E-state index is 0.0833. The molecule has 1 fully saturated rings. The number of thiocarbonyl (C=S) groups is 1. The molecule has 0 saturated carbocycles. The second kappa shape index (κ2) is 8.38. The molecule has 2 amide bonds. The average Bonchev–Trinajstić information content (AvgIpc) is 2.65. The van der Waals surface area contributed by atoms with Gasteiger partial charge in [-0.1, -0.05) is 35.9 Å². The first-order chi connectivity index (χ1) is 12.5. The Kier molecular flexibility index (Phi) is 5.96. The number of hydrogen-bond donors (Lipinski definition) is 2. The van der Waals surface area contributed by atoms with Gasteiger partial charge in [-0.2, -0.15) is 0 Å². The van der Waals surface area contributed by atoms with Gasteiger partial charge in [-0.05, 0) is 49.0 Å². The number of benzene rings is 2. The van der Waals surface area contributed by atoms with Crippen LogP contribution in [0.3, 0.4) is 0 Å². The standard InChI is InChI=1S/C19H21ClN4OS/c1-14-7-8-16(13-17(14)20)22-19(26)24-11-9-23(10-12-24)18(25)21-15-5-3-2-4-6-15/h2-8,13H,9-12H2,1H3,(H,21,25)(H,22,26). The topological polar surface area (TPSA) is 47.6 Å². The Labute approximate surface area is 163 Å². The number of anilines is 2. The van der Waals surface area contributed by atoms with Crippen LogP contribution >= 0.6 is 23.8 Å². The quantitative estimate of drug-likeness (QED) is 0.757. The van der Waals surface area contributed by atoms with Crippen molar-refractivity contribution < 1.29 is 4.79 Å². The van der Waals surface area contributed by atoms with E-state index in [9.17, 15) is 4.79 Å². The van der Waals surface area contributed by atoms with Gasteiger partial charge >= 0.3 is 6.03 Å². The zero-order valence-electron chi connectivity index (χ0n) is 14.5. The van der Waals surface area contributed by atoms with E-state index in [1.54, 1.807) is 4.90 Å². The SMILES string of the molecule is Cc1ccc(NC(=S)N2CCN(C(=O)Nc3ccccc3)CC2)cc1Cl. The lowest BCUT2D eigenvalue weighted by Gasteiger charge is -2.36. The molecule has 0 aliphatic carbocycles. The molecule has 26 heavy (non-hydrogen) atoms. The number of nitrogens with zero attached hydrogens (tertiary/aromatic N) is 2. The highest BCUT2D eigenvalue weighted by atomic mass is 35.5. The molecule has 3 rings (SSSR count). The van der Waals surface area contributed by atoms with E-state index in [0.29, 0.717) is 36.3 Å². The lowest BCUT2D eigenvalue weighted by molar-refractivity contribution is 0.182. The molecule has 1 saturated heterocycles. The Balaban J connectivity index is 1.50. The van der Waals surface area contributed by atoms with Gasteiger partial charge in [0.15, 0.2) is 5.11 Å². The number of hydrogen-bond acceptors (Lipinski definition) is 2. The number of halogens is 1. The third kappa shape index (κ3) is 4.65. The zero-order valence-corrected chi connectivity index (χ0v) is 16.1. The zero-order chi connectivity index (χ0) is 18.5. The summed E-state index contributed by atoms with van der Waals surface area (Å²) in [4.78, 5) is 16.2. The van der Waals surface area contributed by atoms with Gasteiger partial charge in [0.1, 0.15) is 0 Å². The summed E-state index contributed by atoms with van der Waals surface area (Å²) < 4.78 is 0. The number of piperazine rings is 1. The summed E-state index contributed by atoms with van der Waals surface area (Å²) in [5, 5.41) is 7.48. The highest BCUT2D eigenvalue weighted by molar-refractivity contribution is 7.80. The Hall–Kier alpha value is -2.31. The van der Waals surface area contributed by atoms with Crippen molar-refractivity contribution in [2.45, 2.75) is 6.92 Å². The number of aryl methyl sites for hydroxylation is 1. The first-order valence-electron chi connectivity index (χ1n) is 8.46. The molecule has 0 radical (unpaired) electrons. The van der Waals surface area contributed by atoms with Crippen molar-refractivity contribution >= 4 is 46.3 Å². The molecule has 1 heterocycles. The van der Waals surface area contributed by atoms with Crippen LogP contribution in [-0.4, -0.2) is 47.1 Å². The van der Waals surface area contributed by atoms with E-state index in [-0.39, 0.29) is 6.03 Å². The minimum Gasteiger partial charge on any atom is -0.345 e. The predicted octanol–water partition coefficient (Wildman–Crippen LogP) is 4.19. The van der Waals surface area contributed by atoms with Crippen molar-refractivity contribution in [1.82, 2.24) is 9.80 Å². The summed E-state index contributed by atoms with van der Waals surface area (Å²) in [6, 6.07) is 15.2. The largest absolute Gasteiger partial charge is 0.345 e. The van der Waals surface area contributed by atoms with Gasteiger partial charge in [-0.3, -0.25) is 0 Å². The van der Waals surface area contributed by atoms with Crippen LogP contribution in [0.15, 0.2) is 48.5 Å². The Morgan fingerprint density at radius 1 is 0.962 bits per heavy atom. The Bertz CT molecular complexity index is 791. The van der Waals surface area contributed by atoms with Crippen LogP contribution in [0.4, 0.5) is 16.2 Å². The summed E-state index contributed by atoms with van der Waals surface area (Å²) in [5.41, 5.74) is 2.70. The fourth-order valence-electron chi connectivity index (χ4n) is 2.71. The minimum atomic E-state index is -0.0833. The van der Waals surface area contributed by atoms with Crippen LogP contribution in [-0.2, 0) is 0 Å². The van der Waals surface area contributed by atoms with Crippen LogP contribution in [0.25, 0.3) is 0 Å². The average molecular weight is 389 g/mol. The van der Waals surface area contributed by atoms with E-state index in [2.05, 4.69) is 15.5 Å². The molecule has 0 atom stereocenters. The lowest BCUT2D eigenvalue weighted by atomic mass is 10.2. The summed E-state index contributed by atoms with van der Waals surface area (Å²) in [5.74, 6) is 0. The molecule has 5 nitrogen and oxygen atoms in total. The fraction of sp³-hybridized carbons (Fsp3) is 0.263. The summed E-state index contributed by atoms with van der Waals surface area (Å²) >= 11 is 11.6. The molecule has 1 aliphatic heterocycles. The van der Waals surface area contributed by atoms with Crippen molar-refractivity contribution in [1.29, 1.82) is 0 Å². The number of urea groups is 1. The number of rotatable bonds is 2. The van der Waals surface area contributed by atoms with Gasteiger partial charge in [-0.15, -0.1) is 0 Å². The second-order valence-corrected chi connectivity index (χ2v) is 6.96. The third-order valence-corrected chi connectivity index (χ3v) is 5.07. The third-order valence-electron chi connectivity index (χ3n) is 4.30. The number of carbonyl (C=O) groups is 1. The van der Waals surface area contributed by atoms with E-state index < -0.39 is 0 Å². The van der Waals surface area contributed by atoms with Crippen molar-refractivity contribution in [2.75, 3.05) is 36.8 Å². The van der Waals surface area contributed by atoms with Crippen LogP contribution in [0.5, 0.6) is 0 Å². The van der Waals surface area contributed by atoms with Crippen LogP contribution in [0.1, 0.15) is 5.56 Å². The van der Waals surface area contributed by atoms with Gasteiger partial charge in [-0.25, -0.2) is 4.79 Å². The van der Waals surface area contributed by atoms with Gasteiger partial charge in [0.25, 0.3) is 0 Å². The molecule has 0 bridgehead atoms. The molecule has 0 spiro atoms. The molecular weight excluding hydrogens is 368 g/mol. The predicted molar refractivity (Wildman–Crippen MR) is 111 cm³/mol. The monoisotopic (exact) mass is 388 g/mol. The Morgan fingerprint density at radius 2 is 1.62 bits per heavy atom. The van der Waals surface area contributed by atoms with E-state index in [4.69, 9.17) is 23.8 Å². The fourth-order valence-corrected chi connectivity index (χ4v) is 3.19. The molecule has 2 N–H and O–H groups in total. The van der Waals surface area contributed by atoms with Crippen LogP contribution in [0, 0.1) is 6.92 Å². The molecule has 7 heteroatoms. The smallest absolute Gasteiger partial charge is 0.321 e. The first kappa shape index (κ1) is 18.5. The maximum absolute atomic E-state index is 12.3. The molecule has 1 aliphatic rings. The molecule has 136 valence electrons. The van der Waals surface area contributed by atoms with E-state index in [1.807, 2.05) is 55.5 Å². The van der Waals surface area contributed by atoms with Gasteiger partial charge in [0, 0.05) is 42.6 Å². The van der Waals surface area contributed by atoms with Crippen LogP contribution in [0.2, 0.25) is 5.02 Å². The van der Waals surface area contributed by atoms with Gasteiger partial charge in [0.2, 0.25) is 0 Å². The first-order valence-corrected chi connectivity index (χ1v) is 9.24. The number of nitrogens with one attached hydrogen (secondary N) is 2. The van der Waals surface area contributed by atoms with Crippen molar-refractivity contribution in [2.24, 2.45) is 0 Å². The Morgan fingerprint density at radius 3 is 2.27 bits per heavy atom. The van der Waals surface area contributed by atoms with Crippen molar-refractivity contribution in [3.63, 3.8) is 0 Å². The number of carbonyl (C=O) groups excluding carboxylic acids is 1.